The molecule has 6 heavy (non-hydrogen) atoms. The van der Waals surface area contributed by atoms with E-state index in [4.69, 9.17) is 4.79 Å². The second-order valence-corrected chi connectivity index (χ2v) is 0.520. The van der Waals surface area contributed by atoms with Gasteiger partial charge < -0.3 is 11.2 Å². The Bertz CT molecular complexity index is 59.8. The quantitative estimate of drug-likeness (QED) is 0.294. The minimum atomic E-state index is -0.926. The average molecular weight is 91.1 g/mol. The lowest BCUT2D eigenvalue weighted by Crippen LogP contribution is -2.10. The maximum atomic E-state index is 9.22. The van der Waals surface area contributed by atoms with E-state index in [0.29, 0.717) is 0 Å². The van der Waals surface area contributed by atoms with Crippen LogP contribution in [0.2, 0.25) is 0 Å². The predicted octanol–water partition coefficient (Wildman–Crippen LogP) is -2.15. The maximum Gasteiger partial charge on any atom is 0.281 e. The first kappa shape index (κ1) is 8.92. The molecular weight excluding hydrogens is 86.0 g/mol. The van der Waals surface area contributed by atoms with Crippen LogP contribution in [0.1, 0.15) is 0 Å². The minimum absolute atomic E-state index is 0. The van der Waals surface area contributed by atoms with E-state index in [1.807, 2.05) is 0 Å². The highest BCUT2D eigenvalue weighted by atomic mass is 16.2. The third-order valence-corrected chi connectivity index (χ3v) is 0.116. The van der Waals surface area contributed by atoms with Gasteiger partial charge in [0.1, 0.15) is 0 Å². The fourth-order valence-electron chi connectivity index (χ4n) is 0. The summed E-state index contributed by atoms with van der Waals surface area (Å²) in [7, 11) is 0. The lowest BCUT2D eigenvalue weighted by atomic mass is 10.8. The van der Waals surface area contributed by atoms with Gasteiger partial charge in [0.25, 0.3) is 5.91 Å². The number of hydrogen-bond donors (Lipinski definition) is 1. The minimum Gasteiger partial charge on any atom is -0.412 e. The molecule has 0 aliphatic carbocycles. The van der Waals surface area contributed by atoms with E-state index in [1.54, 1.807) is 0 Å². The van der Waals surface area contributed by atoms with Gasteiger partial charge in [0, 0.05) is 0 Å². The summed E-state index contributed by atoms with van der Waals surface area (Å²) in [5, 5.41) is 0. The van der Waals surface area contributed by atoms with Gasteiger partial charge in [0.05, 0.1) is 0 Å². The average Bonchev–Trinajstić information content (AvgIpc) is 1.38. The van der Waals surface area contributed by atoms with Gasteiger partial charge in [0.2, 0.25) is 6.29 Å². The van der Waals surface area contributed by atoms with Crippen molar-refractivity contribution in [1.82, 2.24) is 0 Å². The molecule has 4 heteroatoms. The van der Waals surface area contributed by atoms with Gasteiger partial charge in [0.15, 0.2) is 0 Å². The topological polar surface area (TPSA) is 91.7 Å². The van der Waals surface area contributed by atoms with Gasteiger partial charge in [-0.05, 0) is 0 Å². The molecule has 36 valence electrons. The van der Waals surface area contributed by atoms with Crippen LogP contribution >= 0.6 is 0 Å². The zero-order chi connectivity index (χ0) is 4.28. The molecule has 4 N–H and O–H groups in total. The summed E-state index contributed by atoms with van der Waals surface area (Å²) in [5.74, 6) is -0.926. The molecule has 0 radical (unpaired) electrons. The number of primary amides is 1. The van der Waals surface area contributed by atoms with E-state index in [0.717, 1.165) is 0 Å². The van der Waals surface area contributed by atoms with Crippen LogP contribution in [0.5, 0.6) is 0 Å². The van der Waals surface area contributed by atoms with Crippen molar-refractivity contribution in [2.45, 2.75) is 0 Å². The summed E-state index contributed by atoms with van der Waals surface area (Å²) in [6.45, 7) is 0. The molecule has 0 saturated heterocycles. The van der Waals surface area contributed by atoms with E-state index >= 15 is 0 Å². The molecule has 0 heterocycles. The third-order valence-electron chi connectivity index (χ3n) is 0.116. The van der Waals surface area contributed by atoms with Crippen molar-refractivity contribution in [1.29, 1.82) is 0 Å². The lowest BCUT2D eigenvalue weighted by Gasteiger charge is -1.60. The van der Waals surface area contributed by atoms with E-state index < -0.39 is 5.91 Å². The Morgan fingerprint density at radius 3 is 1.83 bits per heavy atom. The molecule has 0 spiro atoms. The highest BCUT2D eigenvalue weighted by Gasteiger charge is 1.76. The normalized spacial score (nSPS) is 5.33. The van der Waals surface area contributed by atoms with E-state index in [2.05, 4.69) is 5.73 Å². The summed E-state index contributed by atoms with van der Waals surface area (Å²) < 4.78 is 0. The van der Waals surface area contributed by atoms with Crippen molar-refractivity contribution in [3.63, 3.8) is 0 Å². The smallest absolute Gasteiger partial charge is 0.281 e. The molecule has 0 unspecified atom stereocenters. The fraction of sp³-hybridized carbons (Fsp3) is 0. The highest BCUT2D eigenvalue weighted by Crippen LogP contribution is 1.30. The van der Waals surface area contributed by atoms with Crippen molar-refractivity contribution in [3.8, 4) is 0 Å². The van der Waals surface area contributed by atoms with E-state index in [1.165, 1.54) is 0 Å². The highest BCUT2D eigenvalue weighted by molar-refractivity contribution is 6.22. The second kappa shape index (κ2) is 4.10. The Hall–Kier alpha value is -0.900. The lowest BCUT2D eigenvalue weighted by molar-refractivity contribution is -0.129. The molecule has 0 atom stereocenters. The molecule has 0 aromatic rings. The van der Waals surface area contributed by atoms with Gasteiger partial charge in [-0.25, -0.2) is 0 Å². The van der Waals surface area contributed by atoms with Crippen molar-refractivity contribution < 1.29 is 15.1 Å². The van der Waals surface area contributed by atoms with Gasteiger partial charge in [-0.3, -0.25) is 9.59 Å². The van der Waals surface area contributed by atoms with Crippen LogP contribution < -0.4 is 5.73 Å². The Kier molecular flexibility index (Phi) is 6.10. The largest absolute Gasteiger partial charge is 0.412 e. The van der Waals surface area contributed by atoms with Gasteiger partial charge in [-0.1, -0.05) is 0 Å². The first-order valence-corrected chi connectivity index (χ1v) is 1.02. The first-order valence-electron chi connectivity index (χ1n) is 1.02. The first-order chi connectivity index (χ1) is 2.27. The second-order valence-electron chi connectivity index (χ2n) is 0.520. The molecule has 0 aliphatic heterocycles. The molecule has 0 aliphatic rings. The number of amides is 1. The SMILES string of the molecule is NC(=O)C=O.O. The molecule has 0 rings (SSSR count). The maximum absolute atomic E-state index is 9.22. The van der Waals surface area contributed by atoms with Gasteiger partial charge in [-0.15, -0.1) is 0 Å². The van der Waals surface area contributed by atoms with Crippen molar-refractivity contribution in [2.75, 3.05) is 0 Å². The molecule has 4 nitrogen and oxygen atoms in total. The van der Waals surface area contributed by atoms with Gasteiger partial charge >= 0.3 is 0 Å². The number of rotatable bonds is 1. The zero-order valence-corrected chi connectivity index (χ0v) is 2.97. The molecule has 0 bridgehead atoms. The van der Waals surface area contributed by atoms with Crippen LogP contribution in [0.15, 0.2) is 0 Å². The Morgan fingerprint density at radius 2 is 1.83 bits per heavy atom. The number of carbonyl (C=O) groups excluding carboxylic acids is 2. The van der Waals surface area contributed by atoms with Crippen LogP contribution in [0, 0.1) is 0 Å². The molecule has 0 saturated carbocycles. The number of aldehydes is 1. The summed E-state index contributed by atoms with van der Waals surface area (Å²) >= 11 is 0. The zero-order valence-electron chi connectivity index (χ0n) is 2.97. The number of nitrogens with two attached hydrogens (primary N) is 1. The summed E-state index contributed by atoms with van der Waals surface area (Å²) in [6, 6.07) is 0. The summed E-state index contributed by atoms with van der Waals surface area (Å²) in [4.78, 5) is 18.3. The van der Waals surface area contributed by atoms with Gasteiger partial charge in [-0.2, -0.15) is 0 Å². The van der Waals surface area contributed by atoms with Crippen molar-refractivity contribution in [3.05, 3.63) is 0 Å². The Labute approximate surface area is 34.2 Å². The molecule has 0 fully saturated rings. The standard InChI is InChI=1S/C2H3NO2.H2O/c3-2(5)1-4;/h1H,(H2,3,5);1H2. The number of carbonyl (C=O) groups is 2. The molecule has 0 aromatic heterocycles. The summed E-state index contributed by atoms with van der Waals surface area (Å²) in [5.41, 5.74) is 4.28. The summed E-state index contributed by atoms with van der Waals surface area (Å²) in [6.07, 6.45) is 0.0556. The molecule has 0 aromatic carbocycles. The number of hydrogen-bond acceptors (Lipinski definition) is 2. The van der Waals surface area contributed by atoms with Crippen molar-refractivity contribution >= 4 is 12.2 Å². The Balaban J connectivity index is 0. The van der Waals surface area contributed by atoms with Crippen LogP contribution in [0.4, 0.5) is 0 Å². The molecular formula is C2H5NO3. The van der Waals surface area contributed by atoms with E-state index in [-0.39, 0.29) is 11.8 Å². The van der Waals surface area contributed by atoms with E-state index in [9.17, 15) is 4.79 Å². The molecule has 1 amide bonds. The predicted molar refractivity (Wildman–Crippen MR) is 18.9 cm³/mol. The van der Waals surface area contributed by atoms with Crippen LogP contribution in [-0.2, 0) is 9.59 Å². The third kappa shape index (κ3) is 11.3. The fourth-order valence-corrected chi connectivity index (χ4v) is 0. The van der Waals surface area contributed by atoms with Crippen LogP contribution in [-0.4, -0.2) is 17.7 Å². The Morgan fingerprint density at radius 1 is 1.67 bits per heavy atom. The van der Waals surface area contributed by atoms with Crippen LogP contribution in [0.3, 0.4) is 0 Å². The van der Waals surface area contributed by atoms with Crippen molar-refractivity contribution in [2.24, 2.45) is 5.73 Å². The van der Waals surface area contributed by atoms with Crippen LogP contribution in [0.25, 0.3) is 0 Å². The monoisotopic (exact) mass is 91.0 g/mol.